The van der Waals surface area contributed by atoms with Gasteiger partial charge in [0.25, 0.3) is 0 Å². The Hall–Kier alpha value is -0.670. The molecular formula is C10H14BrNO5S. The first-order valence-corrected chi connectivity index (χ1v) is 7.29. The van der Waals surface area contributed by atoms with Gasteiger partial charge in [-0.2, -0.15) is 0 Å². The van der Waals surface area contributed by atoms with E-state index in [2.05, 4.69) is 20.7 Å². The summed E-state index contributed by atoms with van der Waals surface area (Å²) in [6.07, 6.45) is 0. The van der Waals surface area contributed by atoms with E-state index in [1.165, 1.54) is 19.2 Å². The minimum atomic E-state index is -3.87. The van der Waals surface area contributed by atoms with Crippen LogP contribution in [0.1, 0.15) is 0 Å². The number of benzene rings is 1. The molecule has 0 spiro atoms. The van der Waals surface area contributed by atoms with Crippen molar-refractivity contribution in [1.29, 1.82) is 0 Å². The van der Waals surface area contributed by atoms with E-state index in [0.717, 1.165) is 0 Å². The number of aliphatic hydroxyl groups is 2. The van der Waals surface area contributed by atoms with Gasteiger partial charge in [-0.05, 0) is 18.2 Å². The summed E-state index contributed by atoms with van der Waals surface area (Å²) in [6, 6.07) is 3.59. The molecule has 0 atom stereocenters. The average Bonchev–Trinajstić information content (AvgIpc) is 2.36. The van der Waals surface area contributed by atoms with Gasteiger partial charge in [0.2, 0.25) is 10.0 Å². The maximum absolute atomic E-state index is 12.1. The lowest BCUT2D eigenvalue weighted by molar-refractivity contribution is 0.185. The van der Waals surface area contributed by atoms with Crippen molar-refractivity contribution in [3.8, 4) is 5.75 Å². The first-order valence-electron chi connectivity index (χ1n) is 5.02. The number of aliphatic hydroxyl groups excluding tert-OH is 2. The molecule has 0 aliphatic heterocycles. The molecule has 18 heavy (non-hydrogen) atoms. The van der Waals surface area contributed by atoms with E-state index in [-0.39, 0.29) is 10.6 Å². The standard InChI is InChI=1S/C10H14BrNO5S/c1-17-9-3-2-7(11)4-10(9)18(15,16)12-8(5-13)6-14/h2-4,8,12-14H,5-6H2,1H3. The van der Waals surface area contributed by atoms with Crippen LogP contribution in [0.5, 0.6) is 5.75 Å². The van der Waals surface area contributed by atoms with Crippen LogP contribution in [0.15, 0.2) is 27.6 Å². The first kappa shape index (κ1) is 15.4. The molecule has 1 aromatic rings. The summed E-state index contributed by atoms with van der Waals surface area (Å²) in [5.74, 6) is 0.181. The summed E-state index contributed by atoms with van der Waals surface area (Å²) in [5.41, 5.74) is 0. The van der Waals surface area contributed by atoms with Crippen molar-refractivity contribution >= 4 is 26.0 Å². The summed E-state index contributed by atoms with van der Waals surface area (Å²) in [5, 5.41) is 17.8. The third-order valence-electron chi connectivity index (χ3n) is 2.18. The van der Waals surface area contributed by atoms with E-state index < -0.39 is 29.3 Å². The van der Waals surface area contributed by atoms with Crippen molar-refractivity contribution in [3.05, 3.63) is 22.7 Å². The fourth-order valence-corrected chi connectivity index (χ4v) is 3.20. The monoisotopic (exact) mass is 339 g/mol. The van der Waals surface area contributed by atoms with Crippen LogP contribution in [0.3, 0.4) is 0 Å². The van der Waals surface area contributed by atoms with Crippen molar-refractivity contribution in [3.63, 3.8) is 0 Å². The van der Waals surface area contributed by atoms with Gasteiger partial charge in [0.05, 0.1) is 26.4 Å². The minimum Gasteiger partial charge on any atom is -0.495 e. The molecule has 0 aliphatic carbocycles. The van der Waals surface area contributed by atoms with Crippen LogP contribution in [0, 0.1) is 0 Å². The second-order valence-electron chi connectivity index (χ2n) is 3.48. The van der Waals surface area contributed by atoms with E-state index >= 15 is 0 Å². The molecular weight excluding hydrogens is 326 g/mol. The van der Waals surface area contributed by atoms with Gasteiger partial charge < -0.3 is 14.9 Å². The first-order chi connectivity index (χ1) is 8.44. The summed E-state index contributed by atoms with van der Waals surface area (Å²) in [6.45, 7) is -0.988. The van der Waals surface area contributed by atoms with Crippen LogP contribution < -0.4 is 9.46 Å². The molecule has 0 bridgehead atoms. The van der Waals surface area contributed by atoms with E-state index in [0.29, 0.717) is 4.47 Å². The number of hydrogen-bond acceptors (Lipinski definition) is 5. The Balaban J connectivity index is 3.15. The second-order valence-corrected chi connectivity index (χ2v) is 6.08. The largest absolute Gasteiger partial charge is 0.495 e. The van der Waals surface area contributed by atoms with Gasteiger partial charge in [-0.1, -0.05) is 15.9 Å². The third-order valence-corrected chi connectivity index (χ3v) is 4.21. The fourth-order valence-electron chi connectivity index (χ4n) is 1.28. The number of nitrogens with one attached hydrogen (secondary N) is 1. The molecule has 0 radical (unpaired) electrons. The summed E-state index contributed by atoms with van der Waals surface area (Å²) in [7, 11) is -2.52. The van der Waals surface area contributed by atoms with Crippen molar-refractivity contribution in [2.75, 3.05) is 20.3 Å². The number of halogens is 1. The van der Waals surface area contributed by atoms with Crippen LogP contribution in [0.4, 0.5) is 0 Å². The number of ether oxygens (including phenoxy) is 1. The molecule has 0 aliphatic rings. The molecule has 1 rings (SSSR count). The Morgan fingerprint density at radius 1 is 1.39 bits per heavy atom. The van der Waals surface area contributed by atoms with Crippen molar-refractivity contribution in [2.45, 2.75) is 10.9 Å². The van der Waals surface area contributed by atoms with Crippen molar-refractivity contribution < 1.29 is 23.4 Å². The highest BCUT2D eigenvalue weighted by atomic mass is 79.9. The Morgan fingerprint density at radius 2 is 2.00 bits per heavy atom. The maximum atomic E-state index is 12.1. The van der Waals surface area contributed by atoms with Gasteiger partial charge in [-0.15, -0.1) is 0 Å². The third kappa shape index (κ3) is 3.66. The molecule has 0 unspecified atom stereocenters. The van der Waals surface area contributed by atoms with E-state index in [1.807, 2.05) is 0 Å². The molecule has 102 valence electrons. The van der Waals surface area contributed by atoms with Crippen molar-refractivity contribution in [2.24, 2.45) is 0 Å². The predicted molar refractivity (Wildman–Crippen MR) is 69.0 cm³/mol. The minimum absolute atomic E-state index is 0.0636. The van der Waals surface area contributed by atoms with Crippen LogP contribution in [0.25, 0.3) is 0 Å². The van der Waals surface area contributed by atoms with Gasteiger partial charge in [0.15, 0.2) is 0 Å². The normalized spacial score (nSPS) is 11.8. The van der Waals surface area contributed by atoms with Gasteiger partial charge >= 0.3 is 0 Å². The van der Waals surface area contributed by atoms with Crippen molar-refractivity contribution in [1.82, 2.24) is 4.72 Å². The molecule has 0 heterocycles. The van der Waals surface area contributed by atoms with E-state index in [4.69, 9.17) is 14.9 Å². The van der Waals surface area contributed by atoms with Crippen LogP contribution in [-0.2, 0) is 10.0 Å². The number of sulfonamides is 1. The smallest absolute Gasteiger partial charge is 0.244 e. The Kier molecular flexibility index (Phi) is 5.54. The lowest BCUT2D eigenvalue weighted by Gasteiger charge is -2.15. The molecule has 0 saturated heterocycles. The Bertz CT molecular complexity index is 501. The fraction of sp³-hybridized carbons (Fsp3) is 0.400. The second kappa shape index (κ2) is 6.48. The zero-order valence-electron chi connectivity index (χ0n) is 9.63. The molecule has 0 aromatic heterocycles. The van der Waals surface area contributed by atoms with Gasteiger partial charge in [0.1, 0.15) is 10.6 Å². The summed E-state index contributed by atoms with van der Waals surface area (Å²) >= 11 is 3.17. The quantitative estimate of drug-likeness (QED) is 0.682. The van der Waals surface area contributed by atoms with Gasteiger partial charge in [0, 0.05) is 4.47 Å². The Labute approximate surface area is 114 Å². The maximum Gasteiger partial charge on any atom is 0.244 e. The number of methoxy groups -OCH3 is 1. The number of rotatable bonds is 6. The van der Waals surface area contributed by atoms with Gasteiger partial charge in [-0.25, -0.2) is 13.1 Å². The molecule has 0 fully saturated rings. The molecule has 1 aromatic carbocycles. The zero-order chi connectivity index (χ0) is 13.8. The number of hydrogen-bond donors (Lipinski definition) is 3. The van der Waals surface area contributed by atoms with Crippen LogP contribution in [-0.4, -0.2) is 45.0 Å². The molecule has 6 nitrogen and oxygen atoms in total. The SMILES string of the molecule is COc1ccc(Br)cc1S(=O)(=O)NC(CO)CO. The predicted octanol–water partition coefficient (Wildman–Crippen LogP) is 0.0892. The highest BCUT2D eigenvalue weighted by Crippen LogP contribution is 2.27. The lowest BCUT2D eigenvalue weighted by atomic mass is 10.3. The highest BCUT2D eigenvalue weighted by Gasteiger charge is 2.23. The molecule has 3 N–H and O–H groups in total. The molecule has 0 amide bonds. The van der Waals surface area contributed by atoms with Crippen LogP contribution >= 0.6 is 15.9 Å². The average molecular weight is 340 g/mol. The van der Waals surface area contributed by atoms with Gasteiger partial charge in [-0.3, -0.25) is 0 Å². The summed E-state index contributed by atoms with van der Waals surface area (Å²) in [4.78, 5) is -0.0636. The zero-order valence-corrected chi connectivity index (χ0v) is 12.0. The molecule has 0 saturated carbocycles. The van der Waals surface area contributed by atoms with E-state index in [1.54, 1.807) is 6.07 Å². The lowest BCUT2D eigenvalue weighted by Crippen LogP contribution is -2.40. The summed E-state index contributed by atoms with van der Waals surface area (Å²) < 4.78 is 31.8. The Morgan fingerprint density at radius 3 is 2.50 bits per heavy atom. The molecule has 8 heteroatoms. The highest BCUT2D eigenvalue weighted by molar-refractivity contribution is 9.10. The topological polar surface area (TPSA) is 95.9 Å². The van der Waals surface area contributed by atoms with E-state index in [9.17, 15) is 8.42 Å². The van der Waals surface area contributed by atoms with Crippen LogP contribution in [0.2, 0.25) is 0 Å².